The van der Waals surface area contributed by atoms with Crippen molar-refractivity contribution in [2.45, 2.75) is 56.7 Å². The molecule has 2 aliphatic rings. The number of likely N-dealkylation sites (tertiary alicyclic amines) is 1. The van der Waals surface area contributed by atoms with Crippen molar-refractivity contribution in [1.82, 2.24) is 15.2 Å². The van der Waals surface area contributed by atoms with E-state index in [1.807, 2.05) is 12.1 Å². The molecule has 1 saturated carbocycles. The summed E-state index contributed by atoms with van der Waals surface area (Å²) in [7, 11) is 0. The second kappa shape index (κ2) is 7.20. The fraction of sp³-hybridized carbons (Fsp3) is 0.647. The molecule has 1 aromatic rings. The third kappa shape index (κ3) is 3.65. The Morgan fingerprint density at radius 3 is 2.86 bits per heavy atom. The lowest BCUT2D eigenvalue weighted by Crippen LogP contribution is -2.56. The first kappa shape index (κ1) is 15.4. The number of aromatic nitrogens is 1. The Morgan fingerprint density at radius 1 is 1.32 bits per heavy atom. The average Bonchev–Trinajstić information content (AvgIpc) is 3.04. The zero-order valence-corrected chi connectivity index (χ0v) is 12.9. The van der Waals surface area contributed by atoms with Crippen LogP contribution in [0, 0.1) is 0 Å². The lowest BCUT2D eigenvalue weighted by atomic mass is 9.87. The molecule has 1 saturated heterocycles. The maximum atomic E-state index is 12.2. The van der Waals surface area contributed by atoms with Gasteiger partial charge in [-0.2, -0.15) is 0 Å². The van der Waals surface area contributed by atoms with Crippen LogP contribution < -0.4 is 5.32 Å². The first-order valence-corrected chi connectivity index (χ1v) is 8.34. The summed E-state index contributed by atoms with van der Waals surface area (Å²) >= 11 is 0. The van der Waals surface area contributed by atoms with E-state index in [2.05, 4.69) is 15.2 Å². The summed E-state index contributed by atoms with van der Waals surface area (Å²) in [5, 5.41) is 13.7. The Bertz CT molecular complexity index is 488. The van der Waals surface area contributed by atoms with E-state index >= 15 is 0 Å². The summed E-state index contributed by atoms with van der Waals surface area (Å²) < 4.78 is 0. The molecule has 1 aliphatic heterocycles. The molecule has 3 atom stereocenters. The van der Waals surface area contributed by atoms with Gasteiger partial charge in [0.05, 0.1) is 18.6 Å². The van der Waals surface area contributed by atoms with Crippen molar-refractivity contribution >= 4 is 5.91 Å². The van der Waals surface area contributed by atoms with Gasteiger partial charge in [-0.1, -0.05) is 6.07 Å². The summed E-state index contributed by atoms with van der Waals surface area (Å²) in [5.74, 6) is -0.0286. The highest BCUT2D eigenvalue weighted by molar-refractivity contribution is 5.78. The monoisotopic (exact) mass is 303 g/mol. The van der Waals surface area contributed by atoms with Gasteiger partial charge in [-0.3, -0.25) is 14.7 Å². The second-order valence-corrected chi connectivity index (χ2v) is 6.44. The Morgan fingerprint density at radius 2 is 2.14 bits per heavy atom. The molecule has 5 nitrogen and oxygen atoms in total. The smallest absolute Gasteiger partial charge is 0.224 e. The van der Waals surface area contributed by atoms with E-state index in [1.165, 1.54) is 12.8 Å². The highest BCUT2D eigenvalue weighted by Crippen LogP contribution is 2.26. The van der Waals surface area contributed by atoms with Gasteiger partial charge >= 0.3 is 0 Å². The SMILES string of the molecule is O=C(Cc1cccnc1)N[C@@H]1CCC[C@@H](N2CCCC2)[C@@H]1O. The Balaban J connectivity index is 1.55. The lowest BCUT2D eigenvalue weighted by Gasteiger charge is -2.40. The largest absolute Gasteiger partial charge is 0.389 e. The number of hydrogen-bond donors (Lipinski definition) is 2. The van der Waals surface area contributed by atoms with Crippen molar-refractivity contribution in [3.05, 3.63) is 30.1 Å². The van der Waals surface area contributed by atoms with Crippen molar-refractivity contribution in [3.63, 3.8) is 0 Å². The zero-order valence-electron chi connectivity index (χ0n) is 12.9. The van der Waals surface area contributed by atoms with Crippen LogP contribution >= 0.6 is 0 Å². The highest BCUT2D eigenvalue weighted by Gasteiger charge is 2.36. The van der Waals surface area contributed by atoms with Gasteiger partial charge in [0, 0.05) is 18.4 Å². The van der Waals surface area contributed by atoms with Crippen LogP contribution in [0.4, 0.5) is 0 Å². The van der Waals surface area contributed by atoms with Gasteiger partial charge in [0.25, 0.3) is 0 Å². The van der Waals surface area contributed by atoms with Gasteiger partial charge in [0.1, 0.15) is 0 Å². The Hall–Kier alpha value is -1.46. The van der Waals surface area contributed by atoms with Gasteiger partial charge in [0.15, 0.2) is 0 Å². The van der Waals surface area contributed by atoms with Gasteiger partial charge in [0.2, 0.25) is 5.91 Å². The molecule has 0 radical (unpaired) electrons. The maximum Gasteiger partial charge on any atom is 0.224 e. The van der Waals surface area contributed by atoms with Crippen molar-refractivity contribution in [1.29, 1.82) is 0 Å². The predicted octanol–water partition coefficient (Wildman–Crippen LogP) is 1.12. The van der Waals surface area contributed by atoms with E-state index in [9.17, 15) is 9.90 Å². The fourth-order valence-corrected chi connectivity index (χ4v) is 3.73. The number of hydrogen-bond acceptors (Lipinski definition) is 4. The van der Waals surface area contributed by atoms with Crippen LogP contribution in [0.25, 0.3) is 0 Å². The molecule has 1 aromatic heterocycles. The van der Waals surface area contributed by atoms with Crippen LogP contribution in [-0.2, 0) is 11.2 Å². The van der Waals surface area contributed by atoms with Crippen molar-refractivity contribution in [2.24, 2.45) is 0 Å². The quantitative estimate of drug-likeness (QED) is 0.875. The number of amides is 1. The zero-order chi connectivity index (χ0) is 15.4. The first-order chi connectivity index (χ1) is 10.7. The summed E-state index contributed by atoms with van der Waals surface area (Å²) in [6, 6.07) is 3.82. The van der Waals surface area contributed by atoms with Gasteiger partial charge in [-0.25, -0.2) is 0 Å². The Labute approximate surface area is 131 Å². The number of aliphatic hydroxyl groups excluding tert-OH is 1. The first-order valence-electron chi connectivity index (χ1n) is 8.34. The predicted molar refractivity (Wildman–Crippen MR) is 84.3 cm³/mol. The summed E-state index contributed by atoms with van der Waals surface area (Å²) in [4.78, 5) is 18.6. The molecule has 0 bridgehead atoms. The standard InChI is InChI=1S/C17H25N3O2/c21-16(11-13-5-4-8-18-12-13)19-14-6-3-7-15(17(14)22)20-9-1-2-10-20/h4-5,8,12,14-15,17,22H,1-3,6-7,9-11H2,(H,19,21)/t14-,15-,17-/m1/s1. The van der Waals surface area contributed by atoms with Crippen molar-refractivity contribution in [2.75, 3.05) is 13.1 Å². The van der Waals surface area contributed by atoms with Crippen molar-refractivity contribution < 1.29 is 9.90 Å². The van der Waals surface area contributed by atoms with Crippen LogP contribution in [0.2, 0.25) is 0 Å². The lowest BCUT2D eigenvalue weighted by molar-refractivity contribution is -0.123. The van der Waals surface area contributed by atoms with Gasteiger partial charge in [-0.15, -0.1) is 0 Å². The number of carbonyl (C=O) groups is 1. The van der Waals surface area contributed by atoms with Crippen LogP contribution in [0.3, 0.4) is 0 Å². The minimum atomic E-state index is -0.454. The third-order valence-corrected chi connectivity index (χ3v) is 4.87. The summed E-state index contributed by atoms with van der Waals surface area (Å²) in [6.07, 6.45) is 8.70. The number of aliphatic hydroxyl groups is 1. The maximum absolute atomic E-state index is 12.2. The second-order valence-electron chi connectivity index (χ2n) is 6.44. The van der Waals surface area contributed by atoms with E-state index in [0.29, 0.717) is 6.42 Å². The van der Waals surface area contributed by atoms with E-state index in [1.54, 1.807) is 12.4 Å². The molecule has 1 amide bonds. The minimum Gasteiger partial charge on any atom is -0.389 e. The summed E-state index contributed by atoms with van der Waals surface area (Å²) in [6.45, 7) is 2.16. The fourth-order valence-electron chi connectivity index (χ4n) is 3.73. The third-order valence-electron chi connectivity index (χ3n) is 4.87. The van der Waals surface area contributed by atoms with E-state index in [4.69, 9.17) is 0 Å². The number of pyridine rings is 1. The number of carbonyl (C=O) groups excluding carboxylic acids is 1. The molecule has 2 fully saturated rings. The molecule has 3 rings (SSSR count). The minimum absolute atomic E-state index is 0.0286. The van der Waals surface area contributed by atoms with Crippen LogP contribution in [0.5, 0.6) is 0 Å². The summed E-state index contributed by atoms with van der Waals surface area (Å²) in [5.41, 5.74) is 0.904. The molecule has 22 heavy (non-hydrogen) atoms. The number of nitrogens with zero attached hydrogens (tertiary/aromatic N) is 2. The molecule has 0 aromatic carbocycles. The van der Waals surface area contributed by atoms with Crippen LogP contribution in [-0.4, -0.2) is 52.2 Å². The van der Waals surface area contributed by atoms with Gasteiger partial charge < -0.3 is 10.4 Å². The number of nitrogens with one attached hydrogen (secondary N) is 1. The van der Waals surface area contributed by atoms with E-state index in [-0.39, 0.29) is 18.0 Å². The van der Waals surface area contributed by atoms with Crippen molar-refractivity contribution in [3.8, 4) is 0 Å². The molecule has 2 N–H and O–H groups in total. The highest BCUT2D eigenvalue weighted by atomic mass is 16.3. The van der Waals surface area contributed by atoms with E-state index < -0.39 is 6.10 Å². The molecule has 1 aliphatic carbocycles. The van der Waals surface area contributed by atoms with E-state index in [0.717, 1.165) is 37.9 Å². The molecular formula is C17H25N3O2. The molecule has 0 unspecified atom stereocenters. The molecule has 0 spiro atoms. The molecular weight excluding hydrogens is 278 g/mol. The normalized spacial score (nSPS) is 29.4. The average molecular weight is 303 g/mol. The van der Waals surface area contributed by atoms with Crippen LogP contribution in [0.15, 0.2) is 24.5 Å². The molecule has 2 heterocycles. The molecule has 120 valence electrons. The molecule has 5 heteroatoms. The van der Waals surface area contributed by atoms with Crippen LogP contribution in [0.1, 0.15) is 37.7 Å². The Kier molecular flexibility index (Phi) is 5.05. The topological polar surface area (TPSA) is 65.5 Å². The van der Waals surface area contributed by atoms with Gasteiger partial charge in [-0.05, 0) is 56.8 Å². The number of rotatable bonds is 4.